The van der Waals surface area contributed by atoms with Crippen LogP contribution in [-0.4, -0.2) is 11.3 Å². The first-order chi connectivity index (χ1) is 11.7. The van der Waals surface area contributed by atoms with E-state index in [9.17, 15) is 0 Å². The van der Waals surface area contributed by atoms with Gasteiger partial charge in [-0.25, -0.2) is 0 Å². The molecule has 3 rings (SSSR count). The van der Waals surface area contributed by atoms with Crippen molar-refractivity contribution in [3.63, 3.8) is 0 Å². The first-order valence-corrected chi connectivity index (χ1v) is 8.00. The highest BCUT2D eigenvalue weighted by molar-refractivity contribution is 7.80. The highest BCUT2D eigenvalue weighted by atomic mass is 35.5. The molecule has 0 atom stereocenters. The van der Waals surface area contributed by atoms with Gasteiger partial charge in [-0.3, -0.25) is 5.43 Å². The molecule has 0 radical (unpaired) electrons. The summed E-state index contributed by atoms with van der Waals surface area (Å²) in [7, 11) is 0. The molecule has 0 aliphatic heterocycles. The van der Waals surface area contributed by atoms with E-state index in [0.29, 0.717) is 15.9 Å². The zero-order chi connectivity index (χ0) is 16.8. The van der Waals surface area contributed by atoms with Crippen molar-refractivity contribution in [1.82, 2.24) is 5.43 Å². The van der Waals surface area contributed by atoms with Gasteiger partial charge >= 0.3 is 0 Å². The van der Waals surface area contributed by atoms with Gasteiger partial charge in [-0.05, 0) is 60.7 Å². The van der Waals surface area contributed by atoms with E-state index >= 15 is 0 Å². The van der Waals surface area contributed by atoms with Crippen molar-refractivity contribution in [2.24, 2.45) is 5.10 Å². The quantitative estimate of drug-likeness (QED) is 0.396. The van der Waals surface area contributed by atoms with E-state index in [4.69, 9.17) is 28.2 Å². The van der Waals surface area contributed by atoms with Crippen molar-refractivity contribution in [3.8, 4) is 11.3 Å². The van der Waals surface area contributed by atoms with Gasteiger partial charge in [-0.1, -0.05) is 29.8 Å². The van der Waals surface area contributed by atoms with Crippen molar-refractivity contribution >= 4 is 40.8 Å². The molecule has 0 unspecified atom stereocenters. The number of anilines is 1. The molecular formula is C18H14ClN3OS. The fourth-order valence-electron chi connectivity index (χ4n) is 2.03. The second kappa shape index (κ2) is 7.77. The van der Waals surface area contributed by atoms with Gasteiger partial charge in [0.2, 0.25) is 0 Å². The summed E-state index contributed by atoms with van der Waals surface area (Å²) in [6.45, 7) is 0. The molecule has 24 heavy (non-hydrogen) atoms. The zero-order valence-corrected chi connectivity index (χ0v) is 14.1. The van der Waals surface area contributed by atoms with Crippen molar-refractivity contribution in [3.05, 3.63) is 77.5 Å². The van der Waals surface area contributed by atoms with E-state index in [-0.39, 0.29) is 0 Å². The minimum atomic E-state index is 0.405. The van der Waals surface area contributed by atoms with Crippen LogP contribution in [0.15, 0.2) is 76.2 Å². The van der Waals surface area contributed by atoms with E-state index in [1.54, 1.807) is 6.21 Å². The number of furan rings is 1. The van der Waals surface area contributed by atoms with Gasteiger partial charge in [-0.2, -0.15) is 5.10 Å². The summed E-state index contributed by atoms with van der Waals surface area (Å²) in [6.07, 6.45) is 1.57. The number of benzene rings is 2. The molecule has 0 bridgehead atoms. The fourth-order valence-corrected chi connectivity index (χ4v) is 2.32. The number of thiocarbonyl (C=S) groups is 1. The fraction of sp³-hybridized carbons (Fsp3) is 0. The van der Waals surface area contributed by atoms with Crippen LogP contribution < -0.4 is 10.7 Å². The summed E-state index contributed by atoms with van der Waals surface area (Å²) in [5, 5.41) is 8.19. The molecule has 0 saturated heterocycles. The predicted molar refractivity (Wildman–Crippen MR) is 103 cm³/mol. The lowest BCUT2D eigenvalue weighted by Gasteiger charge is -2.05. The minimum absolute atomic E-state index is 0.405. The van der Waals surface area contributed by atoms with Gasteiger partial charge in [0.25, 0.3) is 0 Å². The largest absolute Gasteiger partial charge is 0.455 e. The maximum atomic E-state index is 5.88. The maximum Gasteiger partial charge on any atom is 0.191 e. The lowest BCUT2D eigenvalue weighted by atomic mass is 10.2. The molecule has 2 N–H and O–H groups in total. The molecule has 1 heterocycles. The van der Waals surface area contributed by atoms with Crippen LogP contribution in [-0.2, 0) is 0 Å². The van der Waals surface area contributed by atoms with Crippen molar-refractivity contribution in [2.45, 2.75) is 0 Å². The smallest absolute Gasteiger partial charge is 0.191 e. The highest BCUT2D eigenvalue weighted by Gasteiger charge is 2.03. The Labute approximate surface area is 150 Å². The molecule has 4 nitrogen and oxygen atoms in total. The molecule has 1 aromatic heterocycles. The van der Waals surface area contributed by atoms with Crippen molar-refractivity contribution < 1.29 is 4.42 Å². The summed E-state index contributed by atoms with van der Waals surface area (Å²) in [5.41, 5.74) is 4.60. The van der Waals surface area contributed by atoms with E-state index in [0.717, 1.165) is 17.0 Å². The van der Waals surface area contributed by atoms with Gasteiger partial charge < -0.3 is 9.73 Å². The number of nitrogens with zero attached hydrogens (tertiary/aromatic N) is 1. The number of para-hydroxylation sites is 1. The number of hydrogen-bond acceptors (Lipinski definition) is 3. The maximum absolute atomic E-state index is 5.88. The Morgan fingerprint density at radius 1 is 1.00 bits per heavy atom. The second-order valence-electron chi connectivity index (χ2n) is 4.90. The molecule has 0 spiro atoms. The monoisotopic (exact) mass is 355 g/mol. The van der Waals surface area contributed by atoms with Crippen LogP contribution in [0.4, 0.5) is 5.69 Å². The normalized spacial score (nSPS) is 10.7. The Bertz CT molecular complexity index is 844. The molecule has 0 amide bonds. The van der Waals surface area contributed by atoms with Gasteiger partial charge in [0.05, 0.1) is 6.21 Å². The standard InChI is InChI=1S/C18H14ClN3OS/c19-14-8-6-13(7-9-14)17-11-10-16(23-17)12-20-22-18(24)21-15-4-2-1-3-5-15/h1-12H,(H2,21,22,24). The van der Waals surface area contributed by atoms with Crippen LogP contribution in [0.5, 0.6) is 0 Å². The minimum Gasteiger partial charge on any atom is -0.455 e. The first-order valence-electron chi connectivity index (χ1n) is 7.21. The van der Waals surface area contributed by atoms with Crippen LogP contribution >= 0.6 is 23.8 Å². The van der Waals surface area contributed by atoms with Crippen LogP contribution in [0.3, 0.4) is 0 Å². The zero-order valence-electron chi connectivity index (χ0n) is 12.6. The van der Waals surface area contributed by atoms with Crippen molar-refractivity contribution in [1.29, 1.82) is 0 Å². The Hall–Kier alpha value is -2.63. The topological polar surface area (TPSA) is 49.6 Å². The predicted octanol–water partition coefficient (Wildman–Crippen LogP) is 4.92. The molecule has 2 aromatic carbocycles. The molecule has 0 saturated carbocycles. The summed E-state index contributed by atoms with van der Waals surface area (Å²) in [5.74, 6) is 1.37. The average molecular weight is 356 g/mol. The third kappa shape index (κ3) is 4.44. The molecule has 0 aliphatic carbocycles. The van der Waals surface area contributed by atoms with Gasteiger partial charge in [0, 0.05) is 16.3 Å². The molecule has 3 aromatic rings. The highest BCUT2D eigenvalue weighted by Crippen LogP contribution is 2.23. The molecule has 0 aliphatic rings. The van der Waals surface area contributed by atoms with E-state index in [1.807, 2.05) is 66.7 Å². The number of rotatable bonds is 4. The third-order valence-electron chi connectivity index (χ3n) is 3.15. The first kappa shape index (κ1) is 16.2. The van der Waals surface area contributed by atoms with Crippen LogP contribution in [0.1, 0.15) is 5.76 Å². The summed E-state index contributed by atoms with van der Waals surface area (Å²) >= 11 is 11.0. The number of hydrazone groups is 1. The van der Waals surface area contributed by atoms with E-state index in [2.05, 4.69) is 15.8 Å². The summed E-state index contributed by atoms with van der Waals surface area (Å²) < 4.78 is 5.71. The van der Waals surface area contributed by atoms with Crippen molar-refractivity contribution in [2.75, 3.05) is 5.32 Å². The Balaban J connectivity index is 1.57. The molecule has 120 valence electrons. The molecule has 6 heteroatoms. The van der Waals surface area contributed by atoms with Gasteiger partial charge in [-0.15, -0.1) is 0 Å². The van der Waals surface area contributed by atoms with Gasteiger partial charge in [0.15, 0.2) is 5.11 Å². The summed E-state index contributed by atoms with van der Waals surface area (Å²) in [6, 6.07) is 20.8. The third-order valence-corrected chi connectivity index (χ3v) is 3.59. The Morgan fingerprint density at radius 3 is 2.50 bits per heavy atom. The summed E-state index contributed by atoms with van der Waals surface area (Å²) in [4.78, 5) is 0. The van der Waals surface area contributed by atoms with E-state index in [1.165, 1.54) is 0 Å². The van der Waals surface area contributed by atoms with Crippen LogP contribution in [0.25, 0.3) is 11.3 Å². The van der Waals surface area contributed by atoms with Gasteiger partial charge in [0.1, 0.15) is 11.5 Å². The Morgan fingerprint density at radius 2 is 1.75 bits per heavy atom. The number of halogens is 1. The molecular weight excluding hydrogens is 342 g/mol. The lowest BCUT2D eigenvalue weighted by Crippen LogP contribution is -2.23. The number of hydrogen-bond donors (Lipinski definition) is 2. The van der Waals surface area contributed by atoms with E-state index < -0.39 is 0 Å². The van der Waals surface area contributed by atoms with Crippen LogP contribution in [0.2, 0.25) is 5.02 Å². The SMILES string of the molecule is S=C(NN=Cc1ccc(-c2ccc(Cl)cc2)o1)Nc1ccccc1. The average Bonchev–Trinajstić information content (AvgIpc) is 3.05. The molecule has 0 fully saturated rings. The van der Waals surface area contributed by atoms with Crippen LogP contribution in [0, 0.1) is 0 Å². The Kier molecular flexibility index (Phi) is 5.25. The lowest BCUT2D eigenvalue weighted by molar-refractivity contribution is 0.574. The number of nitrogens with one attached hydrogen (secondary N) is 2. The second-order valence-corrected chi connectivity index (χ2v) is 5.74.